The number of rotatable bonds is 2. The van der Waals surface area contributed by atoms with Gasteiger partial charge in [0.2, 0.25) is 5.78 Å². The summed E-state index contributed by atoms with van der Waals surface area (Å²) < 4.78 is 1.93. The molecular formula is C13H6BrClOS2. The molecule has 0 spiro atoms. The van der Waals surface area contributed by atoms with Crippen molar-refractivity contribution in [3.63, 3.8) is 0 Å². The third-order valence-corrected chi connectivity index (χ3v) is 6.11. The van der Waals surface area contributed by atoms with E-state index in [4.69, 9.17) is 11.6 Å². The van der Waals surface area contributed by atoms with Gasteiger partial charge in [-0.25, -0.2) is 0 Å². The third kappa shape index (κ3) is 2.14. The van der Waals surface area contributed by atoms with Crippen LogP contribution >= 0.6 is 50.2 Å². The maximum Gasteiger partial charge on any atom is 0.212 e. The van der Waals surface area contributed by atoms with Gasteiger partial charge in [-0.1, -0.05) is 29.8 Å². The normalized spacial score (nSPS) is 11.0. The fourth-order valence-corrected chi connectivity index (χ4v) is 4.41. The molecule has 0 saturated carbocycles. The van der Waals surface area contributed by atoms with E-state index in [-0.39, 0.29) is 5.78 Å². The second kappa shape index (κ2) is 4.78. The molecule has 0 saturated heterocycles. The molecule has 18 heavy (non-hydrogen) atoms. The van der Waals surface area contributed by atoms with Crippen molar-refractivity contribution >= 4 is 66.1 Å². The van der Waals surface area contributed by atoms with Crippen molar-refractivity contribution in [3.05, 3.63) is 55.0 Å². The lowest BCUT2D eigenvalue weighted by molar-refractivity contribution is 0.104. The summed E-state index contributed by atoms with van der Waals surface area (Å²) in [6.07, 6.45) is 0. The van der Waals surface area contributed by atoms with E-state index >= 15 is 0 Å². The number of ketones is 1. The summed E-state index contributed by atoms with van der Waals surface area (Å²) in [4.78, 5) is 13.7. The minimum Gasteiger partial charge on any atom is -0.287 e. The summed E-state index contributed by atoms with van der Waals surface area (Å²) in [6.45, 7) is 0. The molecule has 0 N–H and O–H groups in total. The Kier molecular flexibility index (Phi) is 3.28. The highest BCUT2D eigenvalue weighted by Crippen LogP contribution is 2.35. The molecule has 2 aromatic heterocycles. The van der Waals surface area contributed by atoms with Crippen LogP contribution in [0.15, 0.2) is 40.2 Å². The molecular weight excluding hydrogens is 352 g/mol. The number of benzene rings is 1. The van der Waals surface area contributed by atoms with Crippen molar-refractivity contribution in [1.29, 1.82) is 0 Å². The van der Waals surface area contributed by atoms with Crippen LogP contribution in [0.3, 0.4) is 0 Å². The van der Waals surface area contributed by atoms with Crippen molar-refractivity contribution in [2.75, 3.05) is 0 Å². The van der Waals surface area contributed by atoms with Crippen LogP contribution in [0.4, 0.5) is 0 Å². The maximum absolute atomic E-state index is 12.3. The van der Waals surface area contributed by atoms with E-state index in [9.17, 15) is 4.79 Å². The van der Waals surface area contributed by atoms with Gasteiger partial charge in [-0.15, -0.1) is 22.7 Å². The van der Waals surface area contributed by atoms with Gasteiger partial charge in [-0.3, -0.25) is 4.79 Å². The lowest BCUT2D eigenvalue weighted by Crippen LogP contribution is -1.93. The van der Waals surface area contributed by atoms with Gasteiger partial charge in [-0.05, 0) is 39.5 Å². The smallest absolute Gasteiger partial charge is 0.212 e. The van der Waals surface area contributed by atoms with E-state index < -0.39 is 0 Å². The molecule has 3 aromatic rings. The largest absolute Gasteiger partial charge is 0.287 e. The van der Waals surface area contributed by atoms with E-state index in [0.29, 0.717) is 9.90 Å². The summed E-state index contributed by atoms with van der Waals surface area (Å²) >= 11 is 12.2. The average Bonchev–Trinajstić information content (AvgIpc) is 2.93. The Labute approximate surface area is 125 Å². The fourth-order valence-electron chi connectivity index (χ4n) is 1.67. The van der Waals surface area contributed by atoms with Crippen molar-refractivity contribution in [3.8, 4) is 0 Å². The van der Waals surface area contributed by atoms with Crippen molar-refractivity contribution < 1.29 is 4.79 Å². The molecule has 0 amide bonds. The van der Waals surface area contributed by atoms with Gasteiger partial charge < -0.3 is 0 Å². The van der Waals surface area contributed by atoms with Crippen LogP contribution in [0.1, 0.15) is 14.5 Å². The predicted octanol–water partition coefficient (Wildman–Crippen LogP) is 5.61. The van der Waals surface area contributed by atoms with E-state index in [0.717, 1.165) is 18.7 Å². The van der Waals surface area contributed by atoms with Crippen LogP contribution in [0, 0.1) is 0 Å². The summed E-state index contributed by atoms with van der Waals surface area (Å²) in [6, 6.07) is 11.6. The maximum atomic E-state index is 12.3. The van der Waals surface area contributed by atoms with Gasteiger partial charge in [0, 0.05) is 4.70 Å². The number of hydrogen-bond acceptors (Lipinski definition) is 3. The zero-order valence-corrected chi connectivity index (χ0v) is 12.9. The van der Waals surface area contributed by atoms with Crippen LogP contribution in [-0.4, -0.2) is 5.78 Å². The van der Waals surface area contributed by atoms with Gasteiger partial charge >= 0.3 is 0 Å². The molecule has 0 aliphatic rings. The Hall–Kier alpha value is -0.680. The minimum atomic E-state index is 0.0359. The number of halogens is 2. The third-order valence-electron chi connectivity index (χ3n) is 2.52. The number of fused-ring (bicyclic) bond motifs is 1. The summed E-state index contributed by atoms with van der Waals surface area (Å²) in [5, 5.41) is 1.69. The number of carbonyl (C=O) groups excluding carboxylic acids is 1. The highest BCUT2D eigenvalue weighted by atomic mass is 79.9. The zero-order valence-electron chi connectivity index (χ0n) is 8.94. The molecule has 0 aliphatic carbocycles. The topological polar surface area (TPSA) is 17.1 Å². The Morgan fingerprint density at radius 1 is 1.11 bits per heavy atom. The number of carbonyl (C=O) groups is 1. The lowest BCUT2D eigenvalue weighted by Gasteiger charge is -1.90. The Balaban J connectivity index is 2.06. The van der Waals surface area contributed by atoms with Gasteiger partial charge in [0.1, 0.15) is 0 Å². The molecule has 0 bridgehead atoms. The monoisotopic (exact) mass is 356 g/mol. The van der Waals surface area contributed by atoms with Crippen LogP contribution < -0.4 is 0 Å². The SMILES string of the molecule is O=C(c1cc(Cl)c(Br)s1)c1cc2ccccc2s1. The molecule has 5 heteroatoms. The Bertz CT molecular complexity index is 692. The highest BCUT2D eigenvalue weighted by Gasteiger charge is 2.16. The average molecular weight is 358 g/mol. The minimum absolute atomic E-state index is 0.0359. The molecule has 90 valence electrons. The Morgan fingerprint density at radius 3 is 2.50 bits per heavy atom. The van der Waals surface area contributed by atoms with Crippen LogP contribution in [-0.2, 0) is 0 Å². The van der Waals surface area contributed by atoms with E-state index in [1.807, 2.05) is 30.3 Å². The number of thiophene rings is 2. The zero-order chi connectivity index (χ0) is 12.7. The van der Waals surface area contributed by atoms with Crippen molar-refractivity contribution in [2.24, 2.45) is 0 Å². The molecule has 1 aromatic carbocycles. The summed E-state index contributed by atoms with van der Waals surface area (Å²) in [5.41, 5.74) is 0. The second-order valence-electron chi connectivity index (χ2n) is 3.71. The first-order valence-corrected chi connectivity index (χ1v) is 7.93. The van der Waals surface area contributed by atoms with Gasteiger partial charge in [0.25, 0.3) is 0 Å². The molecule has 0 fully saturated rings. The standard InChI is InChI=1S/C13H6BrClOS2/c14-13-8(15)6-11(18-13)12(16)10-5-7-3-1-2-4-9(7)17-10/h1-6H. The predicted molar refractivity (Wildman–Crippen MR) is 82.3 cm³/mol. The highest BCUT2D eigenvalue weighted by molar-refractivity contribution is 9.11. The van der Waals surface area contributed by atoms with Crippen molar-refractivity contribution in [1.82, 2.24) is 0 Å². The summed E-state index contributed by atoms with van der Waals surface area (Å²) in [5.74, 6) is 0.0359. The van der Waals surface area contributed by atoms with Crippen molar-refractivity contribution in [2.45, 2.75) is 0 Å². The molecule has 0 radical (unpaired) electrons. The van der Waals surface area contributed by atoms with Gasteiger partial charge in [0.15, 0.2) is 0 Å². The van der Waals surface area contributed by atoms with Crippen LogP contribution in [0.5, 0.6) is 0 Å². The molecule has 1 nitrogen and oxygen atoms in total. The van der Waals surface area contributed by atoms with Gasteiger partial charge in [0.05, 0.1) is 18.6 Å². The first-order valence-electron chi connectivity index (χ1n) is 5.13. The molecule has 0 atom stereocenters. The quantitative estimate of drug-likeness (QED) is 0.545. The molecule has 2 heterocycles. The second-order valence-corrected chi connectivity index (χ2v) is 7.57. The Morgan fingerprint density at radius 2 is 1.83 bits per heavy atom. The summed E-state index contributed by atoms with van der Waals surface area (Å²) in [7, 11) is 0. The molecule has 0 unspecified atom stereocenters. The first kappa shape index (κ1) is 12.4. The lowest BCUT2D eigenvalue weighted by atomic mass is 10.2. The van der Waals surface area contributed by atoms with Crippen LogP contribution in [0.2, 0.25) is 5.02 Å². The van der Waals surface area contributed by atoms with E-state index in [1.165, 1.54) is 22.7 Å². The molecule has 3 rings (SSSR count). The van der Waals surface area contributed by atoms with E-state index in [1.54, 1.807) is 6.07 Å². The van der Waals surface area contributed by atoms with Crippen LogP contribution in [0.25, 0.3) is 10.1 Å². The van der Waals surface area contributed by atoms with E-state index in [2.05, 4.69) is 15.9 Å². The fraction of sp³-hybridized carbons (Fsp3) is 0. The number of hydrogen-bond donors (Lipinski definition) is 0. The van der Waals surface area contributed by atoms with Gasteiger partial charge in [-0.2, -0.15) is 0 Å². The first-order chi connectivity index (χ1) is 8.65. The molecule has 0 aliphatic heterocycles.